The molecule has 2 heterocycles. The second kappa shape index (κ2) is 4.71. The third-order valence-electron chi connectivity index (χ3n) is 3.14. The number of piperidine rings is 1. The molecule has 5 nitrogen and oxygen atoms in total. The summed E-state index contributed by atoms with van der Waals surface area (Å²) in [6, 6.07) is 1.60. The van der Waals surface area contributed by atoms with Crippen LogP contribution in [-0.4, -0.2) is 29.8 Å². The first kappa shape index (κ1) is 11.9. The Hall–Kier alpha value is -1.62. The molecule has 17 heavy (non-hydrogen) atoms. The van der Waals surface area contributed by atoms with Crippen LogP contribution in [0.3, 0.4) is 0 Å². The van der Waals surface area contributed by atoms with Gasteiger partial charge in [0.15, 0.2) is 0 Å². The van der Waals surface area contributed by atoms with Gasteiger partial charge in [-0.15, -0.1) is 0 Å². The third-order valence-corrected chi connectivity index (χ3v) is 3.14. The molecule has 0 aliphatic carbocycles. The van der Waals surface area contributed by atoms with Crippen LogP contribution in [0.4, 0.5) is 0 Å². The number of rotatable bonds is 3. The zero-order valence-electron chi connectivity index (χ0n) is 9.97. The van der Waals surface area contributed by atoms with Crippen LogP contribution in [0, 0.1) is 0 Å². The second-order valence-corrected chi connectivity index (χ2v) is 4.33. The lowest BCUT2D eigenvalue weighted by molar-refractivity contribution is -0.148. The summed E-state index contributed by atoms with van der Waals surface area (Å²) in [6.07, 6.45) is 4.23. The van der Waals surface area contributed by atoms with E-state index in [-0.39, 0.29) is 23.9 Å². The van der Waals surface area contributed by atoms with Crippen LogP contribution in [0.5, 0.6) is 0 Å². The Kier molecular flexibility index (Phi) is 3.28. The molecule has 0 saturated carbocycles. The summed E-state index contributed by atoms with van der Waals surface area (Å²) >= 11 is 0. The molecule has 1 N–H and O–H groups in total. The van der Waals surface area contributed by atoms with Gasteiger partial charge in [-0.05, 0) is 19.4 Å². The van der Waals surface area contributed by atoms with Gasteiger partial charge in [0.2, 0.25) is 11.8 Å². The maximum absolute atomic E-state index is 11.9. The Morgan fingerprint density at radius 2 is 2.29 bits per heavy atom. The molecule has 0 spiro atoms. The average molecular weight is 236 g/mol. The molecular weight excluding hydrogens is 220 g/mol. The third kappa shape index (κ3) is 2.39. The molecule has 2 atom stereocenters. The second-order valence-electron chi connectivity index (χ2n) is 4.33. The largest absolute Gasteiger partial charge is 0.472 e. The van der Waals surface area contributed by atoms with Crippen molar-refractivity contribution in [1.82, 2.24) is 10.2 Å². The fourth-order valence-electron chi connectivity index (χ4n) is 1.99. The minimum absolute atomic E-state index is 0.0318. The van der Waals surface area contributed by atoms with Crippen molar-refractivity contribution < 1.29 is 14.0 Å². The predicted molar refractivity (Wildman–Crippen MR) is 61.1 cm³/mol. The van der Waals surface area contributed by atoms with Crippen molar-refractivity contribution in [2.75, 3.05) is 7.05 Å². The number of imide groups is 1. The number of carbonyl (C=O) groups is 2. The van der Waals surface area contributed by atoms with Crippen molar-refractivity contribution >= 4 is 11.8 Å². The lowest BCUT2D eigenvalue weighted by Crippen LogP contribution is -2.51. The fourth-order valence-corrected chi connectivity index (χ4v) is 1.99. The molecule has 5 heteroatoms. The van der Waals surface area contributed by atoms with Gasteiger partial charge < -0.3 is 4.42 Å². The van der Waals surface area contributed by atoms with Crippen molar-refractivity contribution in [2.45, 2.75) is 31.8 Å². The van der Waals surface area contributed by atoms with Gasteiger partial charge >= 0.3 is 0 Å². The number of amides is 2. The highest BCUT2D eigenvalue weighted by molar-refractivity contribution is 6.00. The number of hydrogen-bond donors (Lipinski definition) is 1. The Morgan fingerprint density at radius 1 is 1.53 bits per heavy atom. The molecule has 0 aromatic carbocycles. The maximum atomic E-state index is 11.9. The molecule has 1 aromatic rings. The zero-order chi connectivity index (χ0) is 12.4. The highest BCUT2D eigenvalue weighted by atomic mass is 16.3. The number of carbonyl (C=O) groups excluding carboxylic acids is 2. The maximum Gasteiger partial charge on any atom is 0.246 e. The van der Waals surface area contributed by atoms with Crippen molar-refractivity contribution in [3.63, 3.8) is 0 Å². The number of nitrogens with one attached hydrogen (secondary N) is 1. The predicted octanol–water partition coefficient (Wildman–Crippen LogP) is 1.08. The summed E-state index contributed by atoms with van der Waals surface area (Å²) < 4.78 is 5.00. The van der Waals surface area contributed by atoms with E-state index in [0.717, 1.165) is 5.56 Å². The highest BCUT2D eigenvalue weighted by Gasteiger charge is 2.32. The summed E-state index contributed by atoms with van der Waals surface area (Å²) in [4.78, 5) is 24.4. The molecule has 1 fully saturated rings. The van der Waals surface area contributed by atoms with E-state index in [2.05, 4.69) is 5.32 Å². The van der Waals surface area contributed by atoms with Gasteiger partial charge in [-0.2, -0.15) is 0 Å². The monoisotopic (exact) mass is 236 g/mol. The Bertz CT molecular complexity index is 413. The molecule has 2 amide bonds. The van der Waals surface area contributed by atoms with Gasteiger partial charge in [0.1, 0.15) is 0 Å². The molecule has 1 aromatic heterocycles. The molecule has 1 aliphatic heterocycles. The summed E-state index contributed by atoms with van der Waals surface area (Å²) in [7, 11) is 1.53. The minimum atomic E-state index is -0.289. The van der Waals surface area contributed by atoms with E-state index in [0.29, 0.717) is 12.8 Å². The number of nitrogens with zero attached hydrogens (tertiary/aromatic N) is 1. The van der Waals surface area contributed by atoms with Crippen LogP contribution in [0.2, 0.25) is 0 Å². The van der Waals surface area contributed by atoms with Crippen LogP contribution < -0.4 is 5.32 Å². The van der Waals surface area contributed by atoms with E-state index >= 15 is 0 Å². The Labute approximate surface area is 99.8 Å². The van der Waals surface area contributed by atoms with Crippen molar-refractivity contribution in [3.05, 3.63) is 24.2 Å². The first-order valence-corrected chi connectivity index (χ1v) is 5.68. The molecule has 2 unspecified atom stereocenters. The molecule has 92 valence electrons. The van der Waals surface area contributed by atoms with E-state index < -0.39 is 0 Å². The first-order chi connectivity index (χ1) is 8.09. The van der Waals surface area contributed by atoms with E-state index in [1.165, 1.54) is 11.9 Å². The van der Waals surface area contributed by atoms with Gasteiger partial charge in [0.25, 0.3) is 0 Å². The lowest BCUT2D eigenvalue weighted by atomic mass is 10.0. The summed E-state index contributed by atoms with van der Waals surface area (Å²) in [5.41, 5.74) is 0.998. The summed E-state index contributed by atoms with van der Waals surface area (Å²) in [6.45, 7) is 1.97. The smallest absolute Gasteiger partial charge is 0.246 e. The SMILES string of the molecule is CC(NC1CCC(=O)N(C)C1=O)c1ccoc1. The molecule has 1 aliphatic rings. The van der Waals surface area contributed by atoms with Crippen molar-refractivity contribution in [2.24, 2.45) is 0 Å². The summed E-state index contributed by atoms with van der Waals surface area (Å²) in [5.74, 6) is -0.263. The molecule has 0 radical (unpaired) electrons. The number of likely N-dealkylation sites (N-methyl/N-ethyl adjacent to an activating group) is 1. The number of hydrogen-bond acceptors (Lipinski definition) is 4. The standard InChI is InChI=1S/C12H16N2O3/c1-8(9-5-6-17-7-9)13-10-3-4-11(15)14(2)12(10)16/h5-8,10,13H,3-4H2,1-2H3. The van der Waals surface area contributed by atoms with Crippen LogP contribution in [0.1, 0.15) is 31.4 Å². The van der Waals surface area contributed by atoms with Gasteiger partial charge in [-0.25, -0.2) is 0 Å². The summed E-state index contributed by atoms with van der Waals surface area (Å²) in [5, 5.41) is 3.22. The molecular formula is C12H16N2O3. The Balaban J connectivity index is 2.00. The minimum Gasteiger partial charge on any atom is -0.472 e. The topological polar surface area (TPSA) is 62.6 Å². The van der Waals surface area contributed by atoms with Crippen LogP contribution in [0.25, 0.3) is 0 Å². The van der Waals surface area contributed by atoms with E-state index in [1.807, 2.05) is 13.0 Å². The van der Waals surface area contributed by atoms with E-state index in [4.69, 9.17) is 4.42 Å². The number of likely N-dealkylation sites (tertiary alicyclic amines) is 1. The van der Waals surface area contributed by atoms with Gasteiger partial charge in [0.05, 0.1) is 18.6 Å². The lowest BCUT2D eigenvalue weighted by Gasteiger charge is -2.30. The van der Waals surface area contributed by atoms with Crippen molar-refractivity contribution in [1.29, 1.82) is 0 Å². The molecule has 1 saturated heterocycles. The molecule has 0 bridgehead atoms. The van der Waals surface area contributed by atoms with Gasteiger partial charge in [-0.1, -0.05) is 0 Å². The molecule has 2 rings (SSSR count). The zero-order valence-corrected chi connectivity index (χ0v) is 9.97. The average Bonchev–Trinajstić information content (AvgIpc) is 2.83. The van der Waals surface area contributed by atoms with Crippen LogP contribution in [-0.2, 0) is 9.59 Å². The van der Waals surface area contributed by atoms with Gasteiger partial charge in [-0.3, -0.25) is 19.8 Å². The van der Waals surface area contributed by atoms with E-state index in [1.54, 1.807) is 12.5 Å². The van der Waals surface area contributed by atoms with Crippen LogP contribution >= 0.6 is 0 Å². The quantitative estimate of drug-likeness (QED) is 0.798. The fraction of sp³-hybridized carbons (Fsp3) is 0.500. The van der Waals surface area contributed by atoms with E-state index in [9.17, 15) is 9.59 Å². The normalized spacial score (nSPS) is 22.9. The highest BCUT2D eigenvalue weighted by Crippen LogP contribution is 2.18. The Morgan fingerprint density at radius 3 is 2.94 bits per heavy atom. The van der Waals surface area contributed by atoms with Crippen LogP contribution in [0.15, 0.2) is 23.0 Å². The van der Waals surface area contributed by atoms with Crippen molar-refractivity contribution in [3.8, 4) is 0 Å². The number of furan rings is 1. The first-order valence-electron chi connectivity index (χ1n) is 5.68. The van der Waals surface area contributed by atoms with Gasteiger partial charge in [0, 0.05) is 25.1 Å².